The third-order valence-electron chi connectivity index (χ3n) is 4.81. The molecule has 0 spiro atoms. The van der Waals surface area contributed by atoms with Crippen LogP contribution in [0.15, 0.2) is 12.4 Å². The van der Waals surface area contributed by atoms with Crippen molar-refractivity contribution < 1.29 is 4.79 Å². The van der Waals surface area contributed by atoms with E-state index in [1.807, 2.05) is 43.6 Å². The molecule has 1 aliphatic rings. The zero-order chi connectivity index (χ0) is 16.7. The number of imidazole rings is 1. The molecule has 2 aromatic rings. The van der Waals surface area contributed by atoms with Gasteiger partial charge in [0.25, 0.3) is 5.91 Å². The van der Waals surface area contributed by atoms with Gasteiger partial charge in [0.15, 0.2) is 0 Å². The Morgan fingerprint density at radius 1 is 1.22 bits per heavy atom. The number of carbonyl (C=O) groups is 1. The fourth-order valence-electron chi connectivity index (χ4n) is 3.28. The van der Waals surface area contributed by atoms with Crippen molar-refractivity contribution in [1.82, 2.24) is 29.1 Å². The van der Waals surface area contributed by atoms with Crippen molar-refractivity contribution in [2.75, 3.05) is 26.7 Å². The van der Waals surface area contributed by atoms with Crippen LogP contribution in [0.1, 0.15) is 33.6 Å². The highest BCUT2D eigenvalue weighted by Gasteiger charge is 2.32. The zero-order valence-electron chi connectivity index (χ0n) is 14.4. The van der Waals surface area contributed by atoms with Crippen LogP contribution in [0.3, 0.4) is 0 Å². The van der Waals surface area contributed by atoms with Crippen molar-refractivity contribution in [2.24, 2.45) is 14.1 Å². The highest BCUT2D eigenvalue weighted by molar-refractivity contribution is 5.96. The van der Waals surface area contributed by atoms with E-state index in [2.05, 4.69) is 22.0 Å². The van der Waals surface area contributed by atoms with Gasteiger partial charge in [-0.3, -0.25) is 14.4 Å². The summed E-state index contributed by atoms with van der Waals surface area (Å²) >= 11 is 0. The van der Waals surface area contributed by atoms with E-state index in [0.29, 0.717) is 6.54 Å². The molecule has 0 saturated carbocycles. The number of rotatable bonds is 2. The summed E-state index contributed by atoms with van der Waals surface area (Å²) in [5.41, 5.74) is 2.44. The second-order valence-electron chi connectivity index (χ2n) is 6.31. The van der Waals surface area contributed by atoms with Crippen molar-refractivity contribution >= 4 is 5.91 Å². The summed E-state index contributed by atoms with van der Waals surface area (Å²) in [7, 11) is 5.95. The van der Waals surface area contributed by atoms with Crippen LogP contribution in [-0.4, -0.2) is 61.7 Å². The van der Waals surface area contributed by atoms with Crippen LogP contribution in [0.5, 0.6) is 0 Å². The Labute approximate surface area is 136 Å². The van der Waals surface area contributed by atoms with Crippen LogP contribution in [0, 0.1) is 13.8 Å². The second-order valence-corrected chi connectivity index (χ2v) is 6.31. The van der Waals surface area contributed by atoms with Gasteiger partial charge in [-0.25, -0.2) is 4.98 Å². The Morgan fingerprint density at radius 2 is 1.96 bits per heavy atom. The molecule has 1 amide bonds. The number of piperazine rings is 1. The predicted molar refractivity (Wildman–Crippen MR) is 87.2 cm³/mol. The number of nitrogens with zero attached hydrogens (tertiary/aromatic N) is 6. The SMILES string of the molecule is Cc1nn(C)c(C)c1C(=O)N1CCN(C)C(c2nccn2C)C1. The average Bonchev–Trinajstić information content (AvgIpc) is 3.03. The molecule has 7 nitrogen and oxygen atoms in total. The quantitative estimate of drug-likeness (QED) is 0.826. The van der Waals surface area contributed by atoms with Crippen molar-refractivity contribution in [2.45, 2.75) is 19.9 Å². The molecule has 1 fully saturated rings. The highest BCUT2D eigenvalue weighted by atomic mass is 16.2. The molecule has 1 aliphatic heterocycles. The second kappa shape index (κ2) is 5.81. The molecule has 2 aromatic heterocycles. The summed E-state index contributed by atoms with van der Waals surface area (Å²) in [4.78, 5) is 21.6. The first-order valence-electron chi connectivity index (χ1n) is 7.87. The van der Waals surface area contributed by atoms with E-state index in [-0.39, 0.29) is 11.9 Å². The number of aromatic nitrogens is 4. The van der Waals surface area contributed by atoms with Crippen LogP contribution in [0.4, 0.5) is 0 Å². The third kappa shape index (κ3) is 2.65. The fraction of sp³-hybridized carbons (Fsp3) is 0.562. The van der Waals surface area contributed by atoms with Gasteiger partial charge in [0.1, 0.15) is 5.82 Å². The van der Waals surface area contributed by atoms with Gasteiger partial charge in [-0.2, -0.15) is 5.10 Å². The highest BCUT2D eigenvalue weighted by Crippen LogP contribution is 2.24. The Balaban J connectivity index is 1.86. The van der Waals surface area contributed by atoms with E-state index >= 15 is 0 Å². The first-order chi connectivity index (χ1) is 10.9. The van der Waals surface area contributed by atoms with Gasteiger partial charge in [0, 0.05) is 51.8 Å². The molecule has 0 aliphatic carbocycles. The van der Waals surface area contributed by atoms with Crippen LogP contribution >= 0.6 is 0 Å². The minimum absolute atomic E-state index is 0.0698. The van der Waals surface area contributed by atoms with Gasteiger partial charge >= 0.3 is 0 Å². The van der Waals surface area contributed by atoms with E-state index in [4.69, 9.17) is 0 Å². The zero-order valence-corrected chi connectivity index (χ0v) is 14.4. The molecular formula is C16H24N6O. The van der Waals surface area contributed by atoms with Gasteiger partial charge in [0.2, 0.25) is 0 Å². The number of hydrogen-bond acceptors (Lipinski definition) is 4. The molecule has 3 heterocycles. The standard InChI is InChI=1S/C16H24N6O/c1-11-14(12(2)21(5)18-11)16(23)22-9-8-19(3)13(10-22)15-17-6-7-20(15)4/h6-7,13H,8-10H2,1-5H3. The summed E-state index contributed by atoms with van der Waals surface area (Å²) in [6.07, 6.45) is 3.75. The Hall–Kier alpha value is -2.15. The largest absolute Gasteiger partial charge is 0.337 e. The van der Waals surface area contributed by atoms with Crippen molar-refractivity contribution in [3.05, 3.63) is 35.2 Å². The van der Waals surface area contributed by atoms with E-state index in [1.165, 1.54) is 0 Å². The van der Waals surface area contributed by atoms with Gasteiger partial charge in [-0.1, -0.05) is 0 Å². The lowest BCUT2D eigenvalue weighted by Crippen LogP contribution is -2.49. The number of amides is 1. The number of likely N-dealkylation sites (N-methyl/N-ethyl adjacent to an activating group) is 1. The molecule has 124 valence electrons. The van der Waals surface area contributed by atoms with Crippen LogP contribution < -0.4 is 0 Å². The summed E-state index contributed by atoms with van der Waals surface area (Å²) in [5, 5.41) is 4.37. The lowest BCUT2D eigenvalue weighted by Gasteiger charge is -2.39. The van der Waals surface area contributed by atoms with Gasteiger partial charge < -0.3 is 9.47 Å². The maximum atomic E-state index is 13.0. The minimum Gasteiger partial charge on any atom is -0.337 e. The van der Waals surface area contributed by atoms with Gasteiger partial charge in [0.05, 0.1) is 17.3 Å². The van der Waals surface area contributed by atoms with E-state index < -0.39 is 0 Å². The molecule has 0 bridgehead atoms. The van der Waals surface area contributed by atoms with E-state index in [0.717, 1.165) is 35.9 Å². The Kier molecular flexibility index (Phi) is 3.97. The van der Waals surface area contributed by atoms with Crippen LogP contribution in [0.2, 0.25) is 0 Å². The third-order valence-corrected chi connectivity index (χ3v) is 4.81. The molecule has 1 saturated heterocycles. The number of hydrogen-bond donors (Lipinski definition) is 0. The smallest absolute Gasteiger partial charge is 0.257 e. The predicted octanol–water partition coefficient (Wildman–Crippen LogP) is 0.899. The summed E-state index contributed by atoms with van der Waals surface area (Å²) in [6.45, 7) is 6.05. The number of aryl methyl sites for hydroxylation is 3. The van der Waals surface area contributed by atoms with Gasteiger partial charge in [-0.05, 0) is 20.9 Å². The minimum atomic E-state index is 0.0698. The normalized spacial score (nSPS) is 19.3. The van der Waals surface area contributed by atoms with E-state index in [9.17, 15) is 4.79 Å². The first kappa shape index (κ1) is 15.7. The summed E-state index contributed by atoms with van der Waals surface area (Å²) < 4.78 is 3.80. The topological polar surface area (TPSA) is 59.2 Å². The summed E-state index contributed by atoms with van der Waals surface area (Å²) in [5.74, 6) is 1.06. The average molecular weight is 316 g/mol. The van der Waals surface area contributed by atoms with E-state index in [1.54, 1.807) is 10.9 Å². The number of carbonyl (C=O) groups excluding carboxylic acids is 1. The Bertz CT molecular complexity index is 731. The lowest BCUT2D eigenvalue weighted by atomic mass is 10.1. The first-order valence-corrected chi connectivity index (χ1v) is 7.87. The van der Waals surface area contributed by atoms with Crippen molar-refractivity contribution in [3.63, 3.8) is 0 Å². The van der Waals surface area contributed by atoms with Crippen molar-refractivity contribution in [3.8, 4) is 0 Å². The molecule has 0 radical (unpaired) electrons. The molecule has 1 unspecified atom stereocenters. The maximum absolute atomic E-state index is 13.0. The molecule has 23 heavy (non-hydrogen) atoms. The van der Waals surface area contributed by atoms with Gasteiger partial charge in [-0.15, -0.1) is 0 Å². The molecular weight excluding hydrogens is 292 g/mol. The molecule has 0 aromatic carbocycles. The fourth-order valence-corrected chi connectivity index (χ4v) is 3.28. The molecule has 1 atom stereocenters. The monoisotopic (exact) mass is 316 g/mol. The Morgan fingerprint density at radius 3 is 2.52 bits per heavy atom. The lowest BCUT2D eigenvalue weighted by molar-refractivity contribution is 0.0527. The van der Waals surface area contributed by atoms with Crippen LogP contribution in [0.25, 0.3) is 0 Å². The molecule has 3 rings (SSSR count). The molecule has 7 heteroatoms. The maximum Gasteiger partial charge on any atom is 0.257 e. The van der Waals surface area contributed by atoms with Crippen molar-refractivity contribution in [1.29, 1.82) is 0 Å². The summed E-state index contributed by atoms with van der Waals surface area (Å²) in [6, 6.07) is 0.116. The molecule has 0 N–H and O–H groups in total. The van der Waals surface area contributed by atoms with Crippen LogP contribution in [-0.2, 0) is 14.1 Å².